The molecule has 2 aromatic heterocycles. The van der Waals surface area contributed by atoms with Gasteiger partial charge in [-0.3, -0.25) is 9.89 Å². The van der Waals surface area contributed by atoms with Gasteiger partial charge in [0.05, 0.1) is 16.6 Å². The van der Waals surface area contributed by atoms with E-state index in [1.807, 2.05) is 37.2 Å². The van der Waals surface area contributed by atoms with Gasteiger partial charge in [0.25, 0.3) is 5.91 Å². The molecule has 1 amide bonds. The van der Waals surface area contributed by atoms with Crippen molar-refractivity contribution in [2.45, 2.75) is 0 Å². The normalized spacial score (nSPS) is 11.2. The number of amides is 1. The number of carbonyl (C=O) groups is 1. The van der Waals surface area contributed by atoms with Crippen LogP contribution in [0, 0.1) is 5.82 Å². The molecule has 0 bridgehead atoms. The number of aromatic nitrogens is 4. The third-order valence-electron chi connectivity index (χ3n) is 4.51. The minimum atomic E-state index is -0.374. The summed E-state index contributed by atoms with van der Waals surface area (Å²) in [6, 6.07) is 13.1. The van der Waals surface area contributed by atoms with E-state index in [4.69, 9.17) is 4.74 Å². The third-order valence-corrected chi connectivity index (χ3v) is 4.51. The number of H-pyrrole nitrogens is 1. The predicted octanol–water partition coefficient (Wildman–Crippen LogP) is 3.08. The molecule has 0 aliphatic heterocycles. The monoisotopic (exact) mass is 408 g/mol. The lowest BCUT2D eigenvalue weighted by Crippen LogP contribution is -2.19. The van der Waals surface area contributed by atoms with Gasteiger partial charge >= 0.3 is 0 Å². The summed E-state index contributed by atoms with van der Waals surface area (Å²) in [6.45, 7) is 1.21. The number of carbonyl (C=O) groups excluding carboxylic acids is 1. The number of rotatable bonds is 7. The van der Waals surface area contributed by atoms with E-state index in [1.54, 1.807) is 22.9 Å². The molecular weight excluding hydrogens is 387 g/mol. The van der Waals surface area contributed by atoms with Crippen LogP contribution in [-0.2, 0) is 0 Å². The summed E-state index contributed by atoms with van der Waals surface area (Å²) in [7, 11) is 3.93. The van der Waals surface area contributed by atoms with Crippen LogP contribution in [0.3, 0.4) is 0 Å². The highest BCUT2D eigenvalue weighted by Gasteiger charge is 2.19. The summed E-state index contributed by atoms with van der Waals surface area (Å²) in [5.41, 5.74) is 1.70. The zero-order chi connectivity index (χ0) is 21.1. The van der Waals surface area contributed by atoms with Gasteiger partial charge in [0, 0.05) is 12.7 Å². The minimum absolute atomic E-state index is 0.311. The Labute approximate surface area is 172 Å². The Balaban J connectivity index is 1.78. The van der Waals surface area contributed by atoms with Gasteiger partial charge in [-0.1, -0.05) is 6.07 Å². The average molecular weight is 408 g/mol. The van der Waals surface area contributed by atoms with Crippen molar-refractivity contribution in [3.05, 3.63) is 66.2 Å². The van der Waals surface area contributed by atoms with Crippen molar-refractivity contribution in [1.82, 2.24) is 24.9 Å². The number of hydrogen-bond acceptors (Lipinski definition) is 5. The zero-order valence-corrected chi connectivity index (χ0v) is 16.6. The van der Waals surface area contributed by atoms with Crippen LogP contribution < -0.4 is 10.1 Å². The van der Waals surface area contributed by atoms with Crippen LogP contribution >= 0.6 is 0 Å². The summed E-state index contributed by atoms with van der Waals surface area (Å²) in [4.78, 5) is 14.6. The molecule has 0 radical (unpaired) electrons. The van der Waals surface area contributed by atoms with E-state index in [-0.39, 0.29) is 11.7 Å². The minimum Gasteiger partial charge on any atom is -0.491 e. The molecule has 9 heteroatoms. The largest absolute Gasteiger partial charge is 0.491 e. The molecule has 0 atom stereocenters. The standard InChI is InChI=1S/C21H21FN6O2/c1-27(2)12-13-30-18-5-3-4-17-19(18)20(24-21(29)16-10-11-23-25-16)26-28(17)15-8-6-14(22)7-9-15/h3-11H,12-13H2,1-2H3,(H,23,25)(H,24,26,29). The maximum Gasteiger partial charge on any atom is 0.274 e. The fraction of sp³-hybridized carbons (Fsp3) is 0.190. The van der Waals surface area contributed by atoms with Crippen LogP contribution in [0.2, 0.25) is 0 Å². The maximum atomic E-state index is 13.4. The molecule has 2 heterocycles. The Morgan fingerprint density at radius 2 is 2.00 bits per heavy atom. The number of ether oxygens (including phenoxy) is 1. The summed E-state index contributed by atoms with van der Waals surface area (Å²) in [5.74, 6) is 0.231. The van der Waals surface area contributed by atoms with Crippen molar-refractivity contribution < 1.29 is 13.9 Å². The molecule has 4 rings (SSSR count). The molecule has 30 heavy (non-hydrogen) atoms. The molecule has 0 unspecified atom stereocenters. The number of nitrogens with zero attached hydrogens (tertiary/aromatic N) is 4. The van der Waals surface area contributed by atoms with Crippen molar-refractivity contribution in [3.63, 3.8) is 0 Å². The van der Waals surface area contributed by atoms with Crippen LogP contribution in [0.1, 0.15) is 10.5 Å². The van der Waals surface area contributed by atoms with Gasteiger partial charge in [0.15, 0.2) is 5.82 Å². The van der Waals surface area contributed by atoms with Gasteiger partial charge < -0.3 is 15.0 Å². The number of anilines is 1. The Morgan fingerprint density at radius 3 is 2.70 bits per heavy atom. The third kappa shape index (κ3) is 4.01. The number of aromatic amines is 1. The highest BCUT2D eigenvalue weighted by molar-refractivity contribution is 6.08. The van der Waals surface area contributed by atoms with Crippen LogP contribution in [0.25, 0.3) is 16.6 Å². The van der Waals surface area contributed by atoms with Crippen LogP contribution in [0.5, 0.6) is 5.75 Å². The van der Waals surface area contributed by atoms with Crippen molar-refractivity contribution in [2.24, 2.45) is 0 Å². The van der Waals surface area contributed by atoms with Crippen molar-refractivity contribution in [3.8, 4) is 11.4 Å². The highest BCUT2D eigenvalue weighted by atomic mass is 19.1. The van der Waals surface area contributed by atoms with Gasteiger partial charge in [0.1, 0.15) is 23.9 Å². The van der Waals surface area contributed by atoms with E-state index in [9.17, 15) is 9.18 Å². The van der Waals surface area contributed by atoms with Crippen molar-refractivity contribution >= 4 is 22.6 Å². The second-order valence-electron chi connectivity index (χ2n) is 6.96. The highest BCUT2D eigenvalue weighted by Crippen LogP contribution is 2.34. The molecule has 0 saturated carbocycles. The van der Waals surface area contributed by atoms with E-state index in [2.05, 4.69) is 20.6 Å². The quantitative estimate of drug-likeness (QED) is 0.491. The summed E-state index contributed by atoms with van der Waals surface area (Å²) in [5, 5.41) is 14.5. The summed E-state index contributed by atoms with van der Waals surface area (Å²) >= 11 is 0. The van der Waals surface area contributed by atoms with E-state index in [0.717, 1.165) is 12.1 Å². The van der Waals surface area contributed by atoms with Gasteiger partial charge in [-0.2, -0.15) is 5.10 Å². The van der Waals surface area contributed by atoms with E-state index in [0.29, 0.717) is 34.9 Å². The first kappa shape index (κ1) is 19.6. The van der Waals surface area contributed by atoms with Crippen LogP contribution in [0.15, 0.2) is 54.7 Å². The van der Waals surface area contributed by atoms with E-state index in [1.165, 1.54) is 18.3 Å². The number of benzene rings is 2. The molecule has 0 aliphatic rings. The van der Waals surface area contributed by atoms with Gasteiger partial charge in [0.2, 0.25) is 0 Å². The molecule has 0 spiro atoms. The predicted molar refractivity (Wildman–Crippen MR) is 112 cm³/mol. The molecule has 0 aliphatic carbocycles. The smallest absolute Gasteiger partial charge is 0.274 e. The molecular formula is C21H21FN6O2. The van der Waals surface area contributed by atoms with Crippen LogP contribution in [0.4, 0.5) is 10.2 Å². The Hall–Kier alpha value is -3.72. The number of hydrogen-bond donors (Lipinski definition) is 2. The Morgan fingerprint density at radius 1 is 1.20 bits per heavy atom. The number of fused-ring (bicyclic) bond motifs is 1. The van der Waals surface area contributed by atoms with Crippen LogP contribution in [-0.4, -0.2) is 58.0 Å². The lowest BCUT2D eigenvalue weighted by Gasteiger charge is -2.12. The lowest BCUT2D eigenvalue weighted by atomic mass is 10.2. The number of halogens is 1. The Kier molecular flexibility index (Phi) is 5.44. The van der Waals surface area contributed by atoms with E-state index >= 15 is 0 Å². The molecule has 2 aromatic carbocycles. The van der Waals surface area contributed by atoms with Gasteiger partial charge in [-0.15, -0.1) is 5.10 Å². The SMILES string of the molecule is CN(C)CCOc1cccc2c1c(NC(=O)c1ccn[nH]1)nn2-c1ccc(F)cc1. The Bertz CT molecular complexity index is 1150. The fourth-order valence-electron chi connectivity index (χ4n) is 3.02. The zero-order valence-electron chi connectivity index (χ0n) is 16.6. The van der Waals surface area contributed by atoms with Gasteiger partial charge in [-0.05, 0) is 56.6 Å². The van der Waals surface area contributed by atoms with Crippen molar-refractivity contribution in [2.75, 3.05) is 32.6 Å². The molecule has 0 fully saturated rings. The molecule has 4 aromatic rings. The average Bonchev–Trinajstić information content (AvgIpc) is 3.38. The first-order chi connectivity index (χ1) is 14.5. The lowest BCUT2D eigenvalue weighted by molar-refractivity contribution is 0.102. The van der Waals surface area contributed by atoms with Crippen molar-refractivity contribution in [1.29, 1.82) is 0 Å². The van der Waals surface area contributed by atoms with E-state index < -0.39 is 0 Å². The molecule has 154 valence electrons. The number of nitrogens with one attached hydrogen (secondary N) is 2. The fourth-order valence-corrected chi connectivity index (χ4v) is 3.02. The second-order valence-corrected chi connectivity index (χ2v) is 6.96. The molecule has 0 saturated heterocycles. The molecule has 8 nitrogen and oxygen atoms in total. The summed E-state index contributed by atoms with van der Waals surface area (Å²) in [6.07, 6.45) is 1.50. The first-order valence-electron chi connectivity index (χ1n) is 9.39. The molecule has 2 N–H and O–H groups in total. The number of likely N-dealkylation sites (N-methyl/N-ethyl adjacent to an activating group) is 1. The summed E-state index contributed by atoms with van der Waals surface area (Å²) < 4.78 is 21.0. The second kappa shape index (κ2) is 8.34. The topological polar surface area (TPSA) is 88.1 Å². The van der Waals surface area contributed by atoms with Gasteiger partial charge in [-0.25, -0.2) is 9.07 Å². The first-order valence-corrected chi connectivity index (χ1v) is 9.39. The maximum absolute atomic E-state index is 13.4.